The van der Waals surface area contributed by atoms with Gasteiger partial charge in [0.15, 0.2) is 0 Å². The molecule has 0 bridgehead atoms. The summed E-state index contributed by atoms with van der Waals surface area (Å²) in [6.07, 6.45) is 7.01. The highest BCUT2D eigenvalue weighted by atomic mass is 16.5. The number of hydrogen-bond donors (Lipinski definition) is 1. The summed E-state index contributed by atoms with van der Waals surface area (Å²) in [6, 6.07) is 9.59. The summed E-state index contributed by atoms with van der Waals surface area (Å²) in [7, 11) is 0. The maximum absolute atomic E-state index is 5.81. The molecule has 118 valence electrons. The molecule has 0 aromatic heterocycles. The van der Waals surface area contributed by atoms with E-state index in [1.54, 1.807) is 0 Å². The lowest BCUT2D eigenvalue weighted by Gasteiger charge is -2.34. The van der Waals surface area contributed by atoms with Gasteiger partial charge in [0, 0.05) is 12.1 Å². The van der Waals surface area contributed by atoms with Gasteiger partial charge in [0.1, 0.15) is 5.75 Å². The fraction of sp³-hybridized carbons (Fsp3) is 0.684. The van der Waals surface area contributed by atoms with Crippen LogP contribution in [0.2, 0.25) is 0 Å². The van der Waals surface area contributed by atoms with E-state index in [0.29, 0.717) is 12.1 Å². The maximum Gasteiger partial charge on any atom is 0.120 e. The van der Waals surface area contributed by atoms with Crippen LogP contribution in [0.25, 0.3) is 0 Å². The van der Waals surface area contributed by atoms with Gasteiger partial charge in [-0.05, 0) is 57.2 Å². The molecule has 0 aliphatic heterocycles. The molecular formula is C19H31NO. The molecule has 0 amide bonds. The molecular weight excluding hydrogens is 258 g/mol. The van der Waals surface area contributed by atoms with Crippen molar-refractivity contribution in [2.75, 3.05) is 0 Å². The molecule has 0 heterocycles. The zero-order valence-electron chi connectivity index (χ0n) is 14.1. The minimum Gasteiger partial charge on any atom is -0.491 e. The van der Waals surface area contributed by atoms with Crippen LogP contribution in [0, 0.1) is 5.92 Å². The number of nitrogens with one attached hydrogen (secondary N) is 1. The Kier molecular flexibility index (Phi) is 6.10. The Bertz CT molecular complexity index is 429. The summed E-state index contributed by atoms with van der Waals surface area (Å²) in [5, 5.41) is 3.86. The fourth-order valence-electron chi connectivity index (χ4n) is 3.46. The van der Waals surface area contributed by atoms with Crippen molar-refractivity contribution >= 4 is 0 Å². The van der Waals surface area contributed by atoms with Gasteiger partial charge in [-0.3, -0.25) is 0 Å². The third kappa shape index (κ3) is 4.74. The first kappa shape index (κ1) is 16.4. The molecule has 1 aliphatic rings. The zero-order chi connectivity index (χ0) is 15.2. The summed E-state index contributed by atoms with van der Waals surface area (Å²) in [4.78, 5) is 0. The molecule has 0 radical (unpaired) electrons. The van der Waals surface area contributed by atoms with Gasteiger partial charge in [-0.25, -0.2) is 0 Å². The predicted molar refractivity (Wildman–Crippen MR) is 89.8 cm³/mol. The number of benzene rings is 1. The first-order chi connectivity index (χ1) is 10.1. The smallest absolute Gasteiger partial charge is 0.120 e. The molecule has 1 aromatic rings. The minimum absolute atomic E-state index is 0.228. The van der Waals surface area contributed by atoms with E-state index in [2.05, 4.69) is 51.2 Å². The predicted octanol–water partition coefficient (Wildman–Crippen LogP) is 5.09. The van der Waals surface area contributed by atoms with Crippen molar-refractivity contribution in [2.24, 2.45) is 5.92 Å². The molecule has 2 rings (SSSR count). The lowest BCUT2D eigenvalue weighted by atomic mass is 9.82. The Labute approximate surface area is 130 Å². The van der Waals surface area contributed by atoms with Gasteiger partial charge in [0.2, 0.25) is 0 Å². The Hall–Kier alpha value is -1.02. The van der Waals surface area contributed by atoms with Crippen LogP contribution in [0.1, 0.15) is 71.4 Å². The second kappa shape index (κ2) is 7.84. The van der Waals surface area contributed by atoms with Crippen molar-refractivity contribution in [2.45, 2.75) is 78.0 Å². The highest BCUT2D eigenvalue weighted by molar-refractivity contribution is 5.30. The van der Waals surface area contributed by atoms with E-state index in [4.69, 9.17) is 4.74 Å². The van der Waals surface area contributed by atoms with Gasteiger partial charge in [0.25, 0.3) is 0 Å². The quantitative estimate of drug-likeness (QED) is 0.787. The molecule has 0 spiro atoms. The van der Waals surface area contributed by atoms with Crippen LogP contribution in [0.15, 0.2) is 24.3 Å². The normalized spacial score (nSPS) is 24.0. The van der Waals surface area contributed by atoms with Gasteiger partial charge in [-0.1, -0.05) is 38.3 Å². The molecule has 3 unspecified atom stereocenters. The van der Waals surface area contributed by atoms with Crippen LogP contribution < -0.4 is 10.1 Å². The van der Waals surface area contributed by atoms with Crippen LogP contribution in [0.4, 0.5) is 0 Å². The topological polar surface area (TPSA) is 21.3 Å². The van der Waals surface area contributed by atoms with Crippen LogP contribution in [-0.2, 0) is 0 Å². The Morgan fingerprint density at radius 3 is 2.67 bits per heavy atom. The van der Waals surface area contributed by atoms with E-state index in [-0.39, 0.29) is 6.10 Å². The molecule has 2 nitrogen and oxygen atoms in total. The van der Waals surface area contributed by atoms with E-state index in [9.17, 15) is 0 Å². The second-order valence-corrected chi connectivity index (χ2v) is 6.69. The second-order valence-electron chi connectivity index (χ2n) is 6.69. The summed E-state index contributed by atoms with van der Waals surface area (Å²) in [6.45, 7) is 8.74. The largest absolute Gasteiger partial charge is 0.491 e. The monoisotopic (exact) mass is 289 g/mol. The highest BCUT2D eigenvalue weighted by Gasteiger charge is 2.24. The molecule has 21 heavy (non-hydrogen) atoms. The third-order valence-corrected chi connectivity index (χ3v) is 4.63. The fourth-order valence-corrected chi connectivity index (χ4v) is 3.46. The summed E-state index contributed by atoms with van der Waals surface area (Å²) in [5.74, 6) is 1.82. The van der Waals surface area contributed by atoms with Crippen LogP contribution in [-0.4, -0.2) is 12.1 Å². The van der Waals surface area contributed by atoms with E-state index in [1.165, 1.54) is 37.7 Å². The van der Waals surface area contributed by atoms with Gasteiger partial charge in [-0.15, -0.1) is 0 Å². The summed E-state index contributed by atoms with van der Waals surface area (Å²) >= 11 is 0. The standard InChI is InChI=1S/C19H31NO/c1-5-16-9-6-7-12-19(16)20-15(4)17-10-8-11-18(13-17)21-14(2)3/h8,10-11,13-16,19-20H,5-7,9,12H2,1-4H3. The van der Waals surface area contributed by atoms with E-state index < -0.39 is 0 Å². The van der Waals surface area contributed by atoms with Crippen LogP contribution >= 0.6 is 0 Å². The maximum atomic E-state index is 5.81. The molecule has 3 atom stereocenters. The van der Waals surface area contributed by atoms with E-state index in [1.807, 2.05) is 6.07 Å². The van der Waals surface area contributed by atoms with E-state index >= 15 is 0 Å². The Morgan fingerprint density at radius 2 is 1.95 bits per heavy atom. The minimum atomic E-state index is 0.228. The Balaban J connectivity index is 2.00. The molecule has 1 fully saturated rings. The van der Waals surface area contributed by atoms with Crippen molar-refractivity contribution in [1.29, 1.82) is 0 Å². The van der Waals surface area contributed by atoms with Crippen molar-refractivity contribution in [3.8, 4) is 5.75 Å². The average Bonchev–Trinajstić information content (AvgIpc) is 2.47. The van der Waals surface area contributed by atoms with Crippen LogP contribution in [0.5, 0.6) is 5.75 Å². The SMILES string of the molecule is CCC1CCCCC1NC(C)c1cccc(OC(C)C)c1. The molecule has 1 aliphatic carbocycles. The number of ether oxygens (including phenoxy) is 1. The van der Waals surface area contributed by atoms with Gasteiger partial charge >= 0.3 is 0 Å². The number of hydrogen-bond acceptors (Lipinski definition) is 2. The third-order valence-electron chi connectivity index (χ3n) is 4.63. The summed E-state index contributed by atoms with van der Waals surface area (Å²) in [5.41, 5.74) is 1.33. The van der Waals surface area contributed by atoms with Gasteiger partial charge < -0.3 is 10.1 Å². The van der Waals surface area contributed by atoms with Crippen molar-refractivity contribution < 1.29 is 4.74 Å². The highest BCUT2D eigenvalue weighted by Crippen LogP contribution is 2.29. The molecule has 1 saturated carbocycles. The van der Waals surface area contributed by atoms with Gasteiger partial charge in [-0.2, -0.15) is 0 Å². The first-order valence-electron chi connectivity index (χ1n) is 8.62. The average molecular weight is 289 g/mol. The molecule has 1 N–H and O–H groups in total. The molecule has 1 aromatic carbocycles. The lowest BCUT2D eigenvalue weighted by molar-refractivity contribution is 0.237. The Morgan fingerprint density at radius 1 is 1.19 bits per heavy atom. The zero-order valence-corrected chi connectivity index (χ0v) is 14.1. The van der Waals surface area contributed by atoms with Crippen molar-refractivity contribution in [3.63, 3.8) is 0 Å². The van der Waals surface area contributed by atoms with Crippen molar-refractivity contribution in [3.05, 3.63) is 29.8 Å². The van der Waals surface area contributed by atoms with Gasteiger partial charge in [0.05, 0.1) is 6.10 Å². The number of rotatable bonds is 6. The molecule has 0 saturated heterocycles. The van der Waals surface area contributed by atoms with Crippen molar-refractivity contribution in [1.82, 2.24) is 5.32 Å². The molecule has 2 heteroatoms. The van der Waals surface area contributed by atoms with E-state index in [0.717, 1.165) is 11.7 Å². The lowest BCUT2D eigenvalue weighted by Crippen LogP contribution is -2.39. The summed E-state index contributed by atoms with van der Waals surface area (Å²) < 4.78 is 5.81. The van der Waals surface area contributed by atoms with Crippen LogP contribution in [0.3, 0.4) is 0 Å². The first-order valence-corrected chi connectivity index (χ1v) is 8.62.